The second-order valence-corrected chi connectivity index (χ2v) is 4.02. The van der Waals surface area contributed by atoms with Gasteiger partial charge in [0, 0.05) is 11.9 Å². The normalized spacial score (nSPS) is 10.4. The van der Waals surface area contributed by atoms with E-state index in [2.05, 4.69) is 15.9 Å². The van der Waals surface area contributed by atoms with E-state index in [1.165, 1.54) is 28.8 Å². The number of aromatic carboxylic acids is 1. The van der Waals surface area contributed by atoms with Gasteiger partial charge in [0.2, 0.25) is 0 Å². The van der Waals surface area contributed by atoms with Crippen molar-refractivity contribution in [1.29, 1.82) is 0 Å². The molecule has 1 N–H and O–H groups in total. The van der Waals surface area contributed by atoms with Gasteiger partial charge in [0.1, 0.15) is 11.5 Å². The zero-order valence-electron chi connectivity index (χ0n) is 8.02. The van der Waals surface area contributed by atoms with Crippen LogP contribution in [0.4, 0.5) is 4.39 Å². The summed E-state index contributed by atoms with van der Waals surface area (Å²) in [5.41, 5.74) is 0.731. The summed E-state index contributed by atoms with van der Waals surface area (Å²) < 4.78 is 14.8. The van der Waals surface area contributed by atoms with Crippen LogP contribution < -0.4 is 0 Å². The summed E-state index contributed by atoms with van der Waals surface area (Å²) in [7, 11) is 0. The van der Waals surface area contributed by atoms with E-state index in [9.17, 15) is 9.18 Å². The molecule has 1 aromatic carbocycles. The van der Waals surface area contributed by atoms with E-state index in [0.717, 1.165) is 0 Å². The van der Waals surface area contributed by atoms with Crippen molar-refractivity contribution >= 4 is 21.9 Å². The van der Waals surface area contributed by atoms with Gasteiger partial charge in [-0.15, -0.1) is 0 Å². The third-order valence-corrected chi connectivity index (χ3v) is 2.76. The van der Waals surface area contributed by atoms with Crippen LogP contribution in [0.15, 0.2) is 41.0 Å². The van der Waals surface area contributed by atoms with Crippen LogP contribution in [0.5, 0.6) is 0 Å². The molecule has 3 nitrogen and oxygen atoms in total. The maximum Gasteiger partial charge on any atom is 0.352 e. The van der Waals surface area contributed by atoms with Crippen LogP contribution in [0.25, 0.3) is 5.69 Å². The molecule has 2 aromatic rings. The number of benzene rings is 1. The second kappa shape index (κ2) is 4.09. The molecular weight excluding hydrogens is 277 g/mol. The molecule has 0 fully saturated rings. The molecule has 2 rings (SSSR count). The quantitative estimate of drug-likeness (QED) is 0.920. The molecule has 0 aliphatic rings. The maximum absolute atomic E-state index is 13.0. The molecule has 82 valence electrons. The molecule has 0 aliphatic carbocycles. The summed E-state index contributed by atoms with van der Waals surface area (Å²) in [4.78, 5) is 10.9. The predicted octanol–water partition coefficient (Wildman–Crippen LogP) is 3.08. The van der Waals surface area contributed by atoms with Gasteiger partial charge in [0.25, 0.3) is 0 Å². The fraction of sp³-hybridized carbons (Fsp3) is 0. The van der Waals surface area contributed by atoms with Crippen LogP contribution in [-0.4, -0.2) is 15.6 Å². The number of carboxylic acids is 1. The Morgan fingerprint density at radius 1 is 1.38 bits per heavy atom. The number of rotatable bonds is 2. The first-order chi connectivity index (χ1) is 7.59. The minimum absolute atomic E-state index is 0.138. The van der Waals surface area contributed by atoms with Gasteiger partial charge < -0.3 is 9.67 Å². The topological polar surface area (TPSA) is 42.2 Å². The molecule has 1 aromatic heterocycles. The standard InChI is InChI=1S/C11H7BrFNO2/c12-8-6-7(3-4-9(8)13)14-5-1-2-10(14)11(15)16/h1-6H,(H,15,16). The maximum atomic E-state index is 13.0. The number of nitrogens with zero attached hydrogens (tertiary/aromatic N) is 1. The molecule has 0 spiro atoms. The van der Waals surface area contributed by atoms with Crippen molar-refractivity contribution < 1.29 is 14.3 Å². The highest BCUT2D eigenvalue weighted by atomic mass is 79.9. The molecule has 0 unspecified atom stereocenters. The third kappa shape index (κ3) is 1.86. The van der Waals surface area contributed by atoms with E-state index >= 15 is 0 Å². The molecule has 0 atom stereocenters. The largest absolute Gasteiger partial charge is 0.477 e. The van der Waals surface area contributed by atoms with Crippen LogP contribution in [-0.2, 0) is 0 Å². The summed E-state index contributed by atoms with van der Waals surface area (Å²) >= 11 is 3.06. The van der Waals surface area contributed by atoms with Crippen molar-refractivity contribution in [3.8, 4) is 5.69 Å². The van der Waals surface area contributed by atoms with E-state index in [4.69, 9.17) is 5.11 Å². The van der Waals surface area contributed by atoms with Gasteiger partial charge in [-0.1, -0.05) is 0 Å². The lowest BCUT2D eigenvalue weighted by Crippen LogP contribution is -2.05. The van der Waals surface area contributed by atoms with Crippen LogP contribution in [0.3, 0.4) is 0 Å². The Balaban J connectivity index is 2.54. The van der Waals surface area contributed by atoms with E-state index in [1.807, 2.05) is 0 Å². The van der Waals surface area contributed by atoms with Crippen molar-refractivity contribution in [3.05, 3.63) is 52.5 Å². The van der Waals surface area contributed by atoms with Gasteiger partial charge in [0.15, 0.2) is 0 Å². The zero-order chi connectivity index (χ0) is 11.7. The number of carboxylic acid groups (broad SMARTS) is 1. The molecule has 0 radical (unpaired) electrons. The molecule has 0 aliphatic heterocycles. The number of aromatic nitrogens is 1. The fourth-order valence-corrected chi connectivity index (χ4v) is 1.78. The Bertz CT molecular complexity index is 551. The predicted molar refractivity (Wildman–Crippen MR) is 60.4 cm³/mol. The van der Waals surface area contributed by atoms with E-state index < -0.39 is 5.97 Å². The van der Waals surface area contributed by atoms with Crippen LogP contribution >= 0.6 is 15.9 Å². The number of halogens is 2. The summed E-state index contributed by atoms with van der Waals surface area (Å²) in [6.07, 6.45) is 1.61. The lowest BCUT2D eigenvalue weighted by atomic mass is 10.3. The van der Waals surface area contributed by atoms with Crippen molar-refractivity contribution in [1.82, 2.24) is 4.57 Å². The van der Waals surface area contributed by atoms with Crippen molar-refractivity contribution in [2.24, 2.45) is 0 Å². The van der Waals surface area contributed by atoms with Crippen LogP contribution in [0, 0.1) is 5.82 Å². The highest BCUT2D eigenvalue weighted by molar-refractivity contribution is 9.10. The Kier molecular flexibility index (Phi) is 2.78. The number of hydrogen-bond acceptors (Lipinski definition) is 1. The summed E-state index contributed by atoms with van der Waals surface area (Å²) in [6, 6.07) is 7.44. The number of hydrogen-bond donors (Lipinski definition) is 1. The molecular formula is C11H7BrFNO2. The van der Waals surface area contributed by atoms with Gasteiger partial charge in [-0.25, -0.2) is 9.18 Å². The van der Waals surface area contributed by atoms with E-state index in [0.29, 0.717) is 10.2 Å². The van der Waals surface area contributed by atoms with E-state index in [1.54, 1.807) is 12.3 Å². The molecule has 5 heteroatoms. The third-order valence-electron chi connectivity index (χ3n) is 2.15. The Morgan fingerprint density at radius 3 is 2.75 bits per heavy atom. The van der Waals surface area contributed by atoms with Gasteiger partial charge in [-0.05, 0) is 46.3 Å². The van der Waals surface area contributed by atoms with Gasteiger partial charge in [-0.3, -0.25) is 0 Å². The van der Waals surface area contributed by atoms with Gasteiger partial charge in [-0.2, -0.15) is 0 Å². The SMILES string of the molecule is O=C(O)c1cccn1-c1ccc(F)c(Br)c1. The van der Waals surface area contributed by atoms with Gasteiger partial charge in [0.05, 0.1) is 4.47 Å². The average molecular weight is 284 g/mol. The lowest BCUT2D eigenvalue weighted by Gasteiger charge is -2.06. The Morgan fingerprint density at radius 2 is 2.12 bits per heavy atom. The monoisotopic (exact) mass is 283 g/mol. The first kappa shape index (κ1) is 10.9. The highest BCUT2D eigenvalue weighted by Gasteiger charge is 2.10. The molecule has 1 heterocycles. The van der Waals surface area contributed by atoms with Crippen LogP contribution in [0.2, 0.25) is 0 Å². The smallest absolute Gasteiger partial charge is 0.352 e. The molecule has 0 saturated carbocycles. The average Bonchev–Trinajstić information content (AvgIpc) is 2.71. The van der Waals surface area contributed by atoms with Crippen molar-refractivity contribution in [3.63, 3.8) is 0 Å². The van der Waals surface area contributed by atoms with Crippen molar-refractivity contribution in [2.45, 2.75) is 0 Å². The first-order valence-corrected chi connectivity index (χ1v) is 5.25. The second-order valence-electron chi connectivity index (χ2n) is 3.17. The van der Waals surface area contributed by atoms with Crippen molar-refractivity contribution in [2.75, 3.05) is 0 Å². The zero-order valence-corrected chi connectivity index (χ0v) is 9.61. The minimum atomic E-state index is -1.02. The van der Waals surface area contributed by atoms with E-state index in [-0.39, 0.29) is 11.5 Å². The highest BCUT2D eigenvalue weighted by Crippen LogP contribution is 2.21. The first-order valence-electron chi connectivity index (χ1n) is 4.45. The molecule has 0 bridgehead atoms. The Labute approximate surface area is 99.3 Å². The Hall–Kier alpha value is -1.62. The number of carbonyl (C=O) groups is 1. The summed E-state index contributed by atoms with van der Waals surface area (Å²) in [6.45, 7) is 0. The van der Waals surface area contributed by atoms with Crippen LogP contribution in [0.1, 0.15) is 10.5 Å². The van der Waals surface area contributed by atoms with Gasteiger partial charge >= 0.3 is 5.97 Å². The summed E-state index contributed by atoms with van der Waals surface area (Å²) in [5, 5.41) is 8.93. The molecule has 16 heavy (non-hydrogen) atoms. The molecule has 0 saturated heterocycles. The minimum Gasteiger partial charge on any atom is -0.477 e. The fourth-order valence-electron chi connectivity index (χ4n) is 1.42. The molecule has 0 amide bonds. The lowest BCUT2D eigenvalue weighted by molar-refractivity contribution is 0.0688. The summed E-state index contributed by atoms with van der Waals surface area (Å²) in [5.74, 6) is -1.40.